The van der Waals surface area contributed by atoms with Crippen molar-refractivity contribution in [2.75, 3.05) is 0 Å². The van der Waals surface area contributed by atoms with Crippen LogP contribution >= 0.6 is 0 Å². The maximum atomic E-state index is 6.43. The van der Waals surface area contributed by atoms with E-state index in [4.69, 9.17) is 8.83 Å². The average molecular weight is 799 g/mol. The third-order valence-electron chi connectivity index (χ3n) is 8.66. The molecule has 0 amide bonds. The number of rotatable bonds is 3. The van der Waals surface area contributed by atoms with E-state index in [1.54, 1.807) is 0 Å². The molecular formula is C43H30IrN2O2-2. The van der Waals surface area contributed by atoms with E-state index in [1.807, 2.05) is 79.1 Å². The standard InChI is InChI=1S/C29H16NO2.C14H14N.Ir/c1-2-8-18(9-3-1)23-16-19(14-15-30-23)22-17-26-28(21-11-5-6-12-24(21)31-26)29-27(22)20-10-4-7-13-25(20)32-29;1-10-4-6-13(7-5-10)14-8-11(2)12(3)9-15-14;/h1-8,10-17H;4-6,8-9H,1-3H3;/q2*-1;. The number of para-hydroxylation sites is 2. The fourth-order valence-electron chi connectivity index (χ4n) is 6.05. The Morgan fingerprint density at radius 3 is 2.02 bits per heavy atom. The minimum absolute atomic E-state index is 0. The van der Waals surface area contributed by atoms with Crippen LogP contribution in [0.25, 0.3) is 77.5 Å². The molecule has 0 bridgehead atoms. The van der Waals surface area contributed by atoms with Gasteiger partial charge >= 0.3 is 0 Å². The van der Waals surface area contributed by atoms with Gasteiger partial charge in [-0.3, -0.25) is 0 Å². The number of hydrogen-bond acceptors (Lipinski definition) is 4. The van der Waals surface area contributed by atoms with Crippen LogP contribution < -0.4 is 0 Å². The van der Waals surface area contributed by atoms with Crippen molar-refractivity contribution in [2.24, 2.45) is 0 Å². The van der Waals surface area contributed by atoms with Gasteiger partial charge in [-0.25, -0.2) is 0 Å². The smallest absolute Gasteiger partial charge is 0.147 e. The summed E-state index contributed by atoms with van der Waals surface area (Å²) in [6.07, 6.45) is 3.76. The second-order valence-electron chi connectivity index (χ2n) is 11.8. The van der Waals surface area contributed by atoms with Gasteiger partial charge in [0, 0.05) is 48.7 Å². The fraction of sp³-hybridized carbons (Fsp3) is 0.0698. The predicted molar refractivity (Wildman–Crippen MR) is 191 cm³/mol. The molecule has 48 heavy (non-hydrogen) atoms. The monoisotopic (exact) mass is 799 g/mol. The van der Waals surface area contributed by atoms with E-state index in [2.05, 4.69) is 91.4 Å². The van der Waals surface area contributed by atoms with Crippen molar-refractivity contribution in [1.29, 1.82) is 0 Å². The average Bonchev–Trinajstić information content (AvgIpc) is 3.69. The molecule has 9 rings (SSSR count). The van der Waals surface area contributed by atoms with Crippen LogP contribution in [0.2, 0.25) is 0 Å². The van der Waals surface area contributed by atoms with Crippen LogP contribution in [0.1, 0.15) is 16.7 Å². The number of fused-ring (bicyclic) bond motifs is 7. The first-order valence-electron chi connectivity index (χ1n) is 15.6. The molecule has 4 aromatic heterocycles. The van der Waals surface area contributed by atoms with Crippen molar-refractivity contribution in [3.8, 4) is 33.6 Å². The first-order valence-corrected chi connectivity index (χ1v) is 15.6. The zero-order chi connectivity index (χ0) is 31.9. The van der Waals surface area contributed by atoms with Crippen LogP contribution in [-0.2, 0) is 20.1 Å². The number of hydrogen-bond donors (Lipinski definition) is 0. The largest absolute Gasteiger partial charge is 0.456 e. The first-order chi connectivity index (χ1) is 23.0. The van der Waals surface area contributed by atoms with Gasteiger partial charge in [0.15, 0.2) is 0 Å². The number of aromatic nitrogens is 2. The van der Waals surface area contributed by atoms with Gasteiger partial charge in [-0.1, -0.05) is 61.0 Å². The summed E-state index contributed by atoms with van der Waals surface area (Å²) in [6, 6.07) is 45.2. The summed E-state index contributed by atoms with van der Waals surface area (Å²) in [5.41, 5.74) is 13.2. The van der Waals surface area contributed by atoms with Crippen LogP contribution in [0.15, 0.2) is 136 Å². The summed E-state index contributed by atoms with van der Waals surface area (Å²) in [5, 5.41) is 4.26. The van der Waals surface area contributed by atoms with Crippen molar-refractivity contribution in [2.45, 2.75) is 20.8 Å². The second-order valence-corrected chi connectivity index (χ2v) is 11.8. The molecule has 0 N–H and O–H groups in total. The molecule has 0 unspecified atom stereocenters. The van der Waals surface area contributed by atoms with Crippen molar-refractivity contribution >= 4 is 43.9 Å². The zero-order valence-corrected chi connectivity index (χ0v) is 29.1. The van der Waals surface area contributed by atoms with E-state index in [-0.39, 0.29) is 20.1 Å². The van der Waals surface area contributed by atoms with E-state index in [9.17, 15) is 0 Å². The van der Waals surface area contributed by atoms with E-state index in [0.29, 0.717) is 0 Å². The molecule has 1 radical (unpaired) electrons. The van der Waals surface area contributed by atoms with Crippen molar-refractivity contribution in [3.63, 3.8) is 0 Å². The van der Waals surface area contributed by atoms with Gasteiger partial charge in [0.1, 0.15) is 22.3 Å². The minimum atomic E-state index is 0. The van der Waals surface area contributed by atoms with Gasteiger partial charge in [0.2, 0.25) is 0 Å². The maximum Gasteiger partial charge on any atom is 0.147 e. The number of benzene rings is 5. The normalized spacial score (nSPS) is 11.1. The molecule has 235 valence electrons. The van der Waals surface area contributed by atoms with Gasteiger partial charge in [-0.2, -0.15) is 0 Å². The topological polar surface area (TPSA) is 52.1 Å². The van der Waals surface area contributed by atoms with Crippen molar-refractivity contribution < 1.29 is 28.9 Å². The Bertz CT molecular complexity index is 2550. The molecule has 0 aliphatic heterocycles. The number of nitrogens with zero attached hydrogens (tertiary/aromatic N) is 2. The van der Waals surface area contributed by atoms with E-state index < -0.39 is 0 Å². The maximum absolute atomic E-state index is 6.43. The summed E-state index contributed by atoms with van der Waals surface area (Å²) in [5.74, 6) is 0. The summed E-state index contributed by atoms with van der Waals surface area (Å²) < 4.78 is 12.7. The SMILES string of the molecule is Cc1c[c-]c(-c2cc(C)c(C)cn2)cc1.[Ir].[c-]1ccccc1-c1cc(-c2cc3oc4ccccc4c3c3oc4ccccc4c23)ccn1. The van der Waals surface area contributed by atoms with Crippen molar-refractivity contribution in [3.05, 3.63) is 156 Å². The molecule has 5 aromatic carbocycles. The molecule has 4 heterocycles. The molecule has 0 aliphatic rings. The Morgan fingerprint density at radius 2 is 1.29 bits per heavy atom. The van der Waals surface area contributed by atoms with Gasteiger partial charge in [0.25, 0.3) is 0 Å². The van der Waals surface area contributed by atoms with Crippen LogP contribution in [0.3, 0.4) is 0 Å². The summed E-state index contributed by atoms with van der Waals surface area (Å²) in [7, 11) is 0. The Kier molecular flexibility index (Phi) is 8.49. The Hall–Kier alpha value is -5.35. The summed E-state index contributed by atoms with van der Waals surface area (Å²) in [6.45, 7) is 6.24. The molecular weight excluding hydrogens is 769 g/mol. The Balaban J connectivity index is 0.000000193. The molecule has 4 nitrogen and oxygen atoms in total. The number of furan rings is 2. The summed E-state index contributed by atoms with van der Waals surface area (Å²) in [4.78, 5) is 8.99. The molecule has 5 heteroatoms. The third-order valence-corrected chi connectivity index (χ3v) is 8.66. The second kappa shape index (κ2) is 13.0. The first kappa shape index (κ1) is 31.3. The molecule has 0 atom stereocenters. The molecule has 0 fully saturated rings. The third kappa shape index (κ3) is 5.73. The van der Waals surface area contributed by atoms with Crippen molar-refractivity contribution in [1.82, 2.24) is 9.97 Å². The van der Waals surface area contributed by atoms with Crippen LogP contribution in [0.4, 0.5) is 0 Å². The predicted octanol–water partition coefficient (Wildman–Crippen LogP) is 11.5. The van der Waals surface area contributed by atoms with Crippen LogP contribution in [-0.4, -0.2) is 9.97 Å². The molecule has 9 aromatic rings. The molecule has 0 saturated carbocycles. The van der Waals surface area contributed by atoms with Gasteiger partial charge < -0.3 is 18.8 Å². The summed E-state index contributed by atoms with van der Waals surface area (Å²) >= 11 is 0. The number of pyridine rings is 2. The molecule has 0 spiro atoms. The van der Waals surface area contributed by atoms with E-state index in [1.165, 1.54) is 16.7 Å². The van der Waals surface area contributed by atoms with Gasteiger partial charge in [-0.15, -0.1) is 71.3 Å². The van der Waals surface area contributed by atoms with E-state index in [0.717, 1.165) is 77.5 Å². The van der Waals surface area contributed by atoms with Gasteiger partial charge in [-0.05, 0) is 66.2 Å². The molecule has 0 saturated heterocycles. The Labute approximate surface area is 292 Å². The fourth-order valence-corrected chi connectivity index (χ4v) is 6.05. The number of aryl methyl sites for hydroxylation is 3. The van der Waals surface area contributed by atoms with Crippen LogP contribution in [0, 0.1) is 32.9 Å². The van der Waals surface area contributed by atoms with E-state index >= 15 is 0 Å². The van der Waals surface area contributed by atoms with Crippen LogP contribution in [0.5, 0.6) is 0 Å². The minimum Gasteiger partial charge on any atom is -0.456 e. The van der Waals surface area contributed by atoms with Gasteiger partial charge in [0.05, 0.1) is 5.39 Å². The molecule has 0 aliphatic carbocycles. The quantitative estimate of drug-likeness (QED) is 0.167. The Morgan fingerprint density at radius 1 is 0.583 bits per heavy atom. The zero-order valence-electron chi connectivity index (χ0n) is 26.7.